The minimum absolute atomic E-state index is 0.606. The molecule has 3 heterocycles. The van der Waals surface area contributed by atoms with Crippen LogP contribution in [0.4, 0.5) is 5.95 Å². The number of aromatic nitrogens is 4. The summed E-state index contributed by atoms with van der Waals surface area (Å²) in [6.07, 6.45) is 3.78. The molecule has 0 saturated heterocycles. The van der Waals surface area contributed by atoms with E-state index in [4.69, 9.17) is 4.98 Å². The van der Waals surface area contributed by atoms with E-state index >= 15 is 0 Å². The van der Waals surface area contributed by atoms with Gasteiger partial charge in [-0.3, -0.25) is 4.40 Å². The maximum atomic E-state index is 4.74. The molecule has 0 aliphatic rings. The van der Waals surface area contributed by atoms with Gasteiger partial charge in [-0.05, 0) is 12.1 Å². The van der Waals surface area contributed by atoms with Gasteiger partial charge in [0.25, 0.3) is 0 Å². The van der Waals surface area contributed by atoms with Crippen LogP contribution in [0.25, 0.3) is 27.3 Å². The van der Waals surface area contributed by atoms with Gasteiger partial charge in [0.05, 0.1) is 28.6 Å². The zero-order valence-corrected chi connectivity index (χ0v) is 14.4. The topological polar surface area (TPSA) is 70.4 Å². The summed E-state index contributed by atoms with van der Waals surface area (Å²) in [6.45, 7) is 0. The van der Waals surface area contributed by atoms with E-state index in [9.17, 15) is 0 Å². The van der Waals surface area contributed by atoms with Gasteiger partial charge < -0.3 is 4.98 Å². The van der Waals surface area contributed by atoms with Gasteiger partial charge in [-0.1, -0.05) is 42.5 Å². The highest BCUT2D eigenvalue weighted by molar-refractivity contribution is 7.15. The summed E-state index contributed by atoms with van der Waals surface area (Å²) in [6, 6.07) is 18.0. The summed E-state index contributed by atoms with van der Waals surface area (Å²) < 4.78 is 2.04. The number of nitrogens with zero attached hydrogens (tertiary/aromatic N) is 4. The number of benzene rings is 2. The maximum absolute atomic E-state index is 4.74. The maximum Gasteiger partial charge on any atom is 0.222 e. The third-order valence-electron chi connectivity index (χ3n) is 4.09. The molecule has 0 bridgehead atoms. The Morgan fingerprint density at radius 2 is 1.88 bits per heavy atom. The number of imidazole rings is 2. The highest BCUT2D eigenvalue weighted by atomic mass is 32.1. The Kier molecular flexibility index (Phi) is 3.50. The first-order chi connectivity index (χ1) is 12.9. The zero-order chi connectivity index (χ0) is 17.3. The van der Waals surface area contributed by atoms with E-state index in [1.165, 1.54) is 0 Å². The van der Waals surface area contributed by atoms with Crippen molar-refractivity contribution in [1.82, 2.24) is 19.4 Å². The highest BCUT2D eigenvalue weighted by Crippen LogP contribution is 2.25. The van der Waals surface area contributed by atoms with Gasteiger partial charge in [-0.15, -0.1) is 11.3 Å². The second kappa shape index (κ2) is 6.12. The molecule has 26 heavy (non-hydrogen) atoms. The van der Waals surface area contributed by atoms with Crippen molar-refractivity contribution in [3.63, 3.8) is 0 Å². The molecule has 0 atom stereocenters. The van der Waals surface area contributed by atoms with Crippen molar-refractivity contribution in [3.05, 3.63) is 71.9 Å². The standard InChI is InChI=1S/C19H14N6S/c1-2-6-13(7-3-1)17-16(25-10-11-26-19(25)23-17)12-20-24-18-21-14-8-4-5-9-15(14)22-18/h1-12H,(H2,21,22,24)/b20-12+. The molecule has 7 heteroatoms. The number of rotatable bonds is 4. The minimum atomic E-state index is 0.606. The number of aromatic amines is 1. The van der Waals surface area contributed by atoms with Crippen molar-refractivity contribution in [3.8, 4) is 11.3 Å². The van der Waals surface area contributed by atoms with Crippen molar-refractivity contribution >= 4 is 39.5 Å². The number of thiazole rings is 1. The summed E-state index contributed by atoms with van der Waals surface area (Å²) in [7, 11) is 0. The summed E-state index contributed by atoms with van der Waals surface area (Å²) in [4.78, 5) is 13.3. The van der Waals surface area contributed by atoms with E-state index in [1.807, 2.05) is 58.4 Å². The molecular weight excluding hydrogens is 344 g/mol. The number of hydrazone groups is 1. The van der Waals surface area contributed by atoms with Crippen LogP contribution in [-0.4, -0.2) is 25.6 Å². The van der Waals surface area contributed by atoms with Crippen LogP contribution in [0.2, 0.25) is 0 Å². The van der Waals surface area contributed by atoms with Gasteiger partial charge in [0.15, 0.2) is 4.96 Å². The van der Waals surface area contributed by atoms with E-state index < -0.39 is 0 Å². The first kappa shape index (κ1) is 14.9. The summed E-state index contributed by atoms with van der Waals surface area (Å²) in [5.74, 6) is 0.606. The van der Waals surface area contributed by atoms with Crippen LogP contribution in [-0.2, 0) is 0 Å². The fourth-order valence-electron chi connectivity index (χ4n) is 2.90. The Hall–Kier alpha value is -3.45. The number of fused-ring (bicyclic) bond motifs is 2. The third kappa shape index (κ3) is 2.55. The van der Waals surface area contributed by atoms with Crippen molar-refractivity contribution in [2.45, 2.75) is 0 Å². The SMILES string of the molecule is C(=N\Nc1nc2ccccc2[nH]1)/c1c(-c2ccccc2)nc2sccn12. The third-order valence-corrected chi connectivity index (χ3v) is 4.85. The van der Waals surface area contributed by atoms with E-state index in [2.05, 4.69) is 32.6 Å². The van der Waals surface area contributed by atoms with E-state index in [1.54, 1.807) is 17.6 Å². The van der Waals surface area contributed by atoms with E-state index in [0.29, 0.717) is 5.95 Å². The molecule has 0 saturated carbocycles. The summed E-state index contributed by atoms with van der Waals surface area (Å²) >= 11 is 1.60. The quantitative estimate of drug-likeness (QED) is 0.370. The average molecular weight is 358 g/mol. The van der Waals surface area contributed by atoms with Gasteiger partial charge in [0.1, 0.15) is 0 Å². The number of nitrogens with one attached hydrogen (secondary N) is 2. The van der Waals surface area contributed by atoms with Crippen LogP contribution in [0.5, 0.6) is 0 Å². The first-order valence-corrected chi connectivity index (χ1v) is 9.01. The molecule has 3 aromatic heterocycles. The van der Waals surface area contributed by atoms with Crippen LogP contribution >= 0.6 is 11.3 Å². The molecule has 0 amide bonds. The molecule has 0 aliphatic heterocycles. The van der Waals surface area contributed by atoms with Crippen molar-refractivity contribution in [1.29, 1.82) is 0 Å². The van der Waals surface area contributed by atoms with Crippen LogP contribution in [0, 0.1) is 0 Å². The molecule has 0 unspecified atom stereocenters. The molecule has 2 aromatic carbocycles. The molecule has 126 valence electrons. The van der Waals surface area contributed by atoms with Crippen molar-refractivity contribution in [2.24, 2.45) is 5.10 Å². The zero-order valence-electron chi connectivity index (χ0n) is 13.6. The van der Waals surface area contributed by atoms with Crippen LogP contribution in [0.1, 0.15) is 5.69 Å². The van der Waals surface area contributed by atoms with Crippen molar-refractivity contribution in [2.75, 3.05) is 5.43 Å². The molecule has 5 aromatic rings. The van der Waals surface area contributed by atoms with Crippen LogP contribution < -0.4 is 5.43 Å². The fourth-order valence-corrected chi connectivity index (χ4v) is 3.62. The van der Waals surface area contributed by atoms with E-state index in [0.717, 1.165) is 32.9 Å². The number of anilines is 1. The van der Waals surface area contributed by atoms with Crippen LogP contribution in [0.3, 0.4) is 0 Å². The largest absolute Gasteiger partial charge is 0.323 e. The molecule has 5 rings (SSSR count). The smallest absolute Gasteiger partial charge is 0.222 e. The molecule has 0 radical (unpaired) electrons. The molecule has 0 spiro atoms. The van der Waals surface area contributed by atoms with Gasteiger partial charge >= 0.3 is 0 Å². The average Bonchev–Trinajstić information content (AvgIpc) is 3.37. The molecular formula is C19H14N6S. The predicted octanol–water partition coefficient (Wildman–Crippen LogP) is 4.39. The lowest BCUT2D eigenvalue weighted by Gasteiger charge is -1.99. The molecule has 6 nitrogen and oxygen atoms in total. The van der Waals surface area contributed by atoms with E-state index in [-0.39, 0.29) is 0 Å². The Labute approximate surface area is 152 Å². The number of para-hydroxylation sites is 2. The summed E-state index contributed by atoms with van der Waals surface area (Å²) in [5.41, 5.74) is 7.75. The predicted molar refractivity (Wildman–Crippen MR) is 106 cm³/mol. The molecule has 0 aliphatic carbocycles. The minimum Gasteiger partial charge on any atom is -0.323 e. The lowest BCUT2D eigenvalue weighted by molar-refractivity contribution is 1.19. The number of hydrogen-bond acceptors (Lipinski definition) is 5. The lowest BCUT2D eigenvalue weighted by atomic mass is 10.1. The molecule has 2 N–H and O–H groups in total. The second-order valence-electron chi connectivity index (χ2n) is 5.74. The second-order valence-corrected chi connectivity index (χ2v) is 6.61. The highest BCUT2D eigenvalue weighted by Gasteiger charge is 2.13. The fraction of sp³-hybridized carbons (Fsp3) is 0. The molecule has 0 fully saturated rings. The van der Waals surface area contributed by atoms with Gasteiger partial charge in [-0.25, -0.2) is 15.4 Å². The first-order valence-electron chi connectivity index (χ1n) is 8.13. The van der Waals surface area contributed by atoms with Crippen molar-refractivity contribution < 1.29 is 0 Å². The Bertz CT molecular complexity index is 1180. The van der Waals surface area contributed by atoms with Gasteiger partial charge in [-0.2, -0.15) is 5.10 Å². The van der Waals surface area contributed by atoms with Gasteiger partial charge in [0.2, 0.25) is 5.95 Å². The monoisotopic (exact) mass is 358 g/mol. The summed E-state index contributed by atoms with van der Waals surface area (Å²) in [5, 5.41) is 6.39. The Morgan fingerprint density at radius 3 is 2.77 bits per heavy atom. The normalized spacial score (nSPS) is 11.7. The van der Waals surface area contributed by atoms with Gasteiger partial charge in [0, 0.05) is 17.1 Å². The lowest BCUT2D eigenvalue weighted by Crippen LogP contribution is -1.96. The Morgan fingerprint density at radius 1 is 1.04 bits per heavy atom. The number of H-pyrrole nitrogens is 1. The number of hydrogen-bond donors (Lipinski definition) is 2. The van der Waals surface area contributed by atoms with Crippen LogP contribution in [0.15, 0.2) is 71.3 Å². The Balaban J connectivity index is 1.50.